The molecule has 0 fully saturated rings. The van der Waals surface area contributed by atoms with Crippen molar-refractivity contribution in [3.63, 3.8) is 0 Å². The summed E-state index contributed by atoms with van der Waals surface area (Å²) in [5.41, 5.74) is 1.54. The quantitative estimate of drug-likeness (QED) is 0.842. The van der Waals surface area contributed by atoms with Crippen LogP contribution < -0.4 is 5.32 Å². The number of halogens is 1. The maximum Gasteiger partial charge on any atom is 0.252 e. The Kier molecular flexibility index (Phi) is 4.99. The molecule has 0 bridgehead atoms. The number of benzene rings is 1. The molecule has 0 atom stereocenters. The summed E-state index contributed by atoms with van der Waals surface area (Å²) in [7, 11) is 0. The fourth-order valence-electron chi connectivity index (χ4n) is 1.64. The first-order chi connectivity index (χ1) is 9.16. The molecule has 1 heterocycles. The molecule has 0 spiro atoms. The molecule has 0 radical (unpaired) electrons. The monoisotopic (exact) mass is 336 g/mol. The summed E-state index contributed by atoms with van der Waals surface area (Å²) in [6, 6.07) is 11.1. The van der Waals surface area contributed by atoms with Crippen molar-refractivity contribution in [3.8, 4) is 0 Å². The number of amides is 1. The Balaban J connectivity index is 1.91. The fraction of sp³-hybridized carbons (Fsp3) is 0.143. The molecule has 2 aromatic rings. The van der Waals surface area contributed by atoms with Crippen LogP contribution in [0.5, 0.6) is 0 Å². The van der Waals surface area contributed by atoms with Crippen LogP contribution >= 0.6 is 28.6 Å². The van der Waals surface area contributed by atoms with Crippen molar-refractivity contribution in [2.75, 3.05) is 6.54 Å². The highest BCUT2D eigenvalue weighted by Gasteiger charge is 2.09. The topological polar surface area (TPSA) is 42.0 Å². The van der Waals surface area contributed by atoms with Gasteiger partial charge in [-0.3, -0.25) is 9.78 Å². The molecule has 2 rings (SSSR count). The molecule has 1 amide bonds. The van der Waals surface area contributed by atoms with E-state index in [2.05, 4.69) is 38.9 Å². The number of nitrogens with zero attached hydrogens (tertiary/aromatic N) is 1. The summed E-state index contributed by atoms with van der Waals surface area (Å²) in [6.07, 6.45) is 2.46. The highest BCUT2D eigenvalue weighted by molar-refractivity contribution is 9.10. The third kappa shape index (κ3) is 4.08. The van der Waals surface area contributed by atoms with Gasteiger partial charge in [0.2, 0.25) is 0 Å². The number of aromatic nitrogens is 1. The van der Waals surface area contributed by atoms with Crippen LogP contribution in [0.1, 0.15) is 16.1 Å². The van der Waals surface area contributed by atoms with E-state index in [1.807, 2.05) is 24.3 Å². The zero-order valence-corrected chi connectivity index (χ0v) is 12.6. The highest BCUT2D eigenvalue weighted by atomic mass is 79.9. The second kappa shape index (κ2) is 6.73. The minimum absolute atomic E-state index is 0.117. The minimum Gasteiger partial charge on any atom is -0.352 e. The number of hydrogen-bond acceptors (Lipinski definition) is 3. The van der Waals surface area contributed by atoms with Crippen molar-refractivity contribution in [2.45, 2.75) is 11.3 Å². The molecule has 1 aromatic heterocycles. The predicted molar refractivity (Wildman–Crippen MR) is 81.7 cm³/mol. The third-order valence-corrected chi connectivity index (χ3v) is 3.46. The molecule has 0 saturated carbocycles. The van der Waals surface area contributed by atoms with E-state index in [9.17, 15) is 4.79 Å². The number of pyridine rings is 1. The van der Waals surface area contributed by atoms with Crippen LogP contribution in [-0.4, -0.2) is 17.4 Å². The van der Waals surface area contributed by atoms with Crippen LogP contribution in [-0.2, 0) is 6.42 Å². The molecule has 1 aromatic carbocycles. The van der Waals surface area contributed by atoms with E-state index in [0.29, 0.717) is 23.4 Å². The number of hydrogen-bond donors (Lipinski definition) is 2. The zero-order valence-electron chi connectivity index (χ0n) is 10.1. The van der Waals surface area contributed by atoms with Crippen LogP contribution in [0.4, 0.5) is 0 Å². The summed E-state index contributed by atoms with van der Waals surface area (Å²) in [6.45, 7) is 0.555. The van der Waals surface area contributed by atoms with Gasteiger partial charge in [-0.25, -0.2) is 0 Å². The van der Waals surface area contributed by atoms with Gasteiger partial charge in [-0.15, -0.1) is 12.6 Å². The molecule has 0 aliphatic heterocycles. The molecule has 5 heteroatoms. The van der Waals surface area contributed by atoms with Gasteiger partial charge in [-0.2, -0.15) is 0 Å². The molecule has 3 nitrogen and oxygen atoms in total. The van der Waals surface area contributed by atoms with Gasteiger partial charge in [0.05, 0.1) is 5.56 Å². The van der Waals surface area contributed by atoms with Crippen molar-refractivity contribution in [2.24, 2.45) is 0 Å². The standard InChI is InChI=1S/C14H13BrN2OS/c15-10-4-5-12(13(19)9-10)14(18)17-8-6-11-3-1-2-7-16-11/h1-5,7,9,19H,6,8H2,(H,17,18). The molecule has 0 aliphatic carbocycles. The summed E-state index contributed by atoms with van der Waals surface area (Å²) in [5.74, 6) is -0.117. The zero-order chi connectivity index (χ0) is 13.7. The molecule has 1 N–H and O–H groups in total. The lowest BCUT2D eigenvalue weighted by Gasteiger charge is -2.07. The van der Waals surface area contributed by atoms with Gasteiger partial charge >= 0.3 is 0 Å². The summed E-state index contributed by atoms with van der Waals surface area (Å²) >= 11 is 7.64. The Morgan fingerprint density at radius 2 is 2.16 bits per heavy atom. The number of rotatable bonds is 4. The van der Waals surface area contributed by atoms with Gasteiger partial charge < -0.3 is 5.32 Å². The van der Waals surface area contributed by atoms with Crippen LogP contribution in [0, 0.1) is 0 Å². The Morgan fingerprint density at radius 1 is 1.32 bits per heavy atom. The summed E-state index contributed by atoms with van der Waals surface area (Å²) < 4.78 is 0.905. The summed E-state index contributed by atoms with van der Waals surface area (Å²) in [4.78, 5) is 16.8. The van der Waals surface area contributed by atoms with Gasteiger partial charge in [0, 0.05) is 34.2 Å². The molecular formula is C14H13BrN2OS. The lowest BCUT2D eigenvalue weighted by atomic mass is 10.2. The largest absolute Gasteiger partial charge is 0.352 e. The second-order valence-corrected chi connectivity index (χ2v) is 5.39. The Bertz CT molecular complexity index is 575. The van der Waals surface area contributed by atoms with Crippen molar-refractivity contribution in [1.29, 1.82) is 0 Å². The Labute approximate surface area is 126 Å². The van der Waals surface area contributed by atoms with Gasteiger partial charge in [-0.1, -0.05) is 22.0 Å². The average molecular weight is 337 g/mol. The molecule has 98 valence electrons. The molecule has 0 unspecified atom stereocenters. The van der Waals surface area contributed by atoms with Crippen molar-refractivity contribution < 1.29 is 4.79 Å². The van der Waals surface area contributed by atoms with Gasteiger partial charge in [-0.05, 0) is 30.3 Å². The number of thiol groups is 1. The van der Waals surface area contributed by atoms with Crippen LogP contribution in [0.25, 0.3) is 0 Å². The maximum absolute atomic E-state index is 12.0. The van der Waals surface area contributed by atoms with Crippen LogP contribution in [0.2, 0.25) is 0 Å². The second-order valence-electron chi connectivity index (χ2n) is 3.99. The average Bonchev–Trinajstić information content (AvgIpc) is 2.39. The first-order valence-corrected chi connectivity index (χ1v) is 7.07. The van der Waals surface area contributed by atoms with Crippen molar-refractivity contribution >= 4 is 34.5 Å². The normalized spacial score (nSPS) is 10.2. The minimum atomic E-state index is -0.117. The van der Waals surface area contributed by atoms with Crippen molar-refractivity contribution in [1.82, 2.24) is 10.3 Å². The first kappa shape index (κ1) is 14.1. The SMILES string of the molecule is O=C(NCCc1ccccn1)c1ccc(Br)cc1S. The molecule has 0 aliphatic rings. The van der Waals surface area contributed by atoms with E-state index in [1.54, 1.807) is 18.3 Å². The van der Waals surface area contributed by atoms with Gasteiger partial charge in [0.25, 0.3) is 5.91 Å². The molecule has 19 heavy (non-hydrogen) atoms. The Morgan fingerprint density at radius 3 is 2.84 bits per heavy atom. The lowest BCUT2D eigenvalue weighted by Crippen LogP contribution is -2.26. The maximum atomic E-state index is 12.0. The van der Waals surface area contributed by atoms with Crippen LogP contribution in [0.15, 0.2) is 52.0 Å². The van der Waals surface area contributed by atoms with E-state index in [0.717, 1.165) is 10.2 Å². The molecular weight excluding hydrogens is 324 g/mol. The van der Waals surface area contributed by atoms with E-state index in [1.165, 1.54) is 0 Å². The van der Waals surface area contributed by atoms with Crippen molar-refractivity contribution in [3.05, 3.63) is 58.3 Å². The third-order valence-electron chi connectivity index (χ3n) is 2.60. The van der Waals surface area contributed by atoms with E-state index < -0.39 is 0 Å². The van der Waals surface area contributed by atoms with Gasteiger partial charge in [0.1, 0.15) is 0 Å². The number of carbonyl (C=O) groups excluding carboxylic acids is 1. The predicted octanol–water partition coefficient (Wildman–Crippen LogP) is 3.11. The molecule has 0 saturated heterocycles. The highest BCUT2D eigenvalue weighted by Crippen LogP contribution is 2.19. The first-order valence-electron chi connectivity index (χ1n) is 5.83. The smallest absolute Gasteiger partial charge is 0.252 e. The summed E-state index contributed by atoms with van der Waals surface area (Å²) in [5, 5.41) is 2.86. The Hall–Kier alpha value is -1.33. The van der Waals surface area contributed by atoms with Gasteiger partial charge in [0.15, 0.2) is 0 Å². The van der Waals surface area contributed by atoms with E-state index in [-0.39, 0.29) is 5.91 Å². The lowest BCUT2D eigenvalue weighted by molar-refractivity contribution is 0.0951. The number of nitrogens with one attached hydrogen (secondary N) is 1. The van der Waals surface area contributed by atoms with E-state index in [4.69, 9.17) is 0 Å². The van der Waals surface area contributed by atoms with Crippen LogP contribution in [0.3, 0.4) is 0 Å². The fourth-order valence-corrected chi connectivity index (χ4v) is 2.50. The number of carbonyl (C=O) groups is 1. The van der Waals surface area contributed by atoms with E-state index >= 15 is 0 Å².